The van der Waals surface area contributed by atoms with Crippen LogP contribution in [0, 0.1) is 0 Å². The predicted molar refractivity (Wildman–Crippen MR) is 87.2 cm³/mol. The summed E-state index contributed by atoms with van der Waals surface area (Å²) in [5.74, 6) is -0.109. The number of rotatable bonds is 10. The molecule has 0 aromatic rings. The van der Waals surface area contributed by atoms with Crippen LogP contribution in [-0.4, -0.2) is 16.8 Å². The number of hydrogen-bond donors (Lipinski definition) is 1. The molecule has 0 N–H and O–H groups in total. The van der Waals surface area contributed by atoms with E-state index < -0.39 is 0 Å². The van der Waals surface area contributed by atoms with E-state index in [2.05, 4.69) is 32.4 Å². The van der Waals surface area contributed by atoms with Crippen molar-refractivity contribution in [3.63, 3.8) is 0 Å². The highest BCUT2D eigenvalue weighted by Gasteiger charge is 2.31. The number of thiol groups is 1. The van der Waals surface area contributed by atoms with E-state index in [9.17, 15) is 4.79 Å². The standard InChI is InChI=1S/C13H26O2S3/c1-5-8-9-10-13(6-2,7-3)15-12(14)11(4)17-18-16/h11,16H,5-10H2,1-4H3. The molecular weight excluding hydrogens is 284 g/mol. The van der Waals surface area contributed by atoms with Gasteiger partial charge in [-0.3, -0.25) is 4.79 Å². The maximum absolute atomic E-state index is 12.0. The zero-order chi connectivity index (χ0) is 14.0. The van der Waals surface area contributed by atoms with Crippen molar-refractivity contribution in [1.82, 2.24) is 0 Å². The van der Waals surface area contributed by atoms with Crippen LogP contribution in [0.3, 0.4) is 0 Å². The summed E-state index contributed by atoms with van der Waals surface area (Å²) in [5, 5.41) is -0.156. The van der Waals surface area contributed by atoms with Crippen molar-refractivity contribution >= 4 is 38.2 Å². The van der Waals surface area contributed by atoms with Crippen molar-refractivity contribution in [2.45, 2.75) is 77.1 Å². The Bertz CT molecular complexity index is 230. The lowest BCUT2D eigenvalue weighted by atomic mass is 9.90. The maximum Gasteiger partial charge on any atom is 0.320 e. The van der Waals surface area contributed by atoms with Gasteiger partial charge in [0.15, 0.2) is 0 Å². The largest absolute Gasteiger partial charge is 0.458 e. The summed E-state index contributed by atoms with van der Waals surface area (Å²) in [4.78, 5) is 12.0. The fraction of sp³-hybridized carbons (Fsp3) is 0.923. The number of carbonyl (C=O) groups is 1. The van der Waals surface area contributed by atoms with Crippen LogP contribution in [0.1, 0.15) is 66.2 Å². The Kier molecular flexibility index (Phi) is 10.6. The first kappa shape index (κ1) is 18.5. The van der Waals surface area contributed by atoms with Crippen molar-refractivity contribution in [3.05, 3.63) is 0 Å². The summed E-state index contributed by atoms with van der Waals surface area (Å²) in [6, 6.07) is 0. The summed E-state index contributed by atoms with van der Waals surface area (Å²) in [6.07, 6.45) is 6.30. The molecule has 5 heteroatoms. The SMILES string of the molecule is CCCCCC(CC)(CC)OC(=O)C(C)SSS. The summed E-state index contributed by atoms with van der Waals surface area (Å²) >= 11 is 4.05. The van der Waals surface area contributed by atoms with Crippen LogP contribution in [0.2, 0.25) is 0 Å². The quantitative estimate of drug-likeness (QED) is 0.257. The van der Waals surface area contributed by atoms with E-state index in [0.29, 0.717) is 0 Å². The molecule has 0 aliphatic heterocycles. The molecule has 0 bridgehead atoms. The first-order chi connectivity index (χ1) is 8.55. The van der Waals surface area contributed by atoms with Crippen molar-refractivity contribution in [2.24, 2.45) is 0 Å². The van der Waals surface area contributed by atoms with E-state index in [1.54, 1.807) is 0 Å². The van der Waals surface area contributed by atoms with Crippen LogP contribution >= 0.6 is 32.3 Å². The second kappa shape index (κ2) is 10.3. The average Bonchev–Trinajstić information content (AvgIpc) is 2.38. The molecule has 108 valence electrons. The number of carbonyl (C=O) groups excluding carboxylic acids is 1. The van der Waals surface area contributed by atoms with Crippen molar-refractivity contribution in [1.29, 1.82) is 0 Å². The van der Waals surface area contributed by atoms with Gasteiger partial charge in [-0.25, -0.2) is 0 Å². The van der Waals surface area contributed by atoms with Crippen molar-refractivity contribution < 1.29 is 9.53 Å². The first-order valence-electron chi connectivity index (χ1n) is 6.75. The summed E-state index contributed by atoms with van der Waals surface area (Å²) in [6.45, 7) is 8.27. The van der Waals surface area contributed by atoms with Gasteiger partial charge >= 0.3 is 5.97 Å². The molecule has 0 amide bonds. The van der Waals surface area contributed by atoms with Gasteiger partial charge in [0.05, 0.1) is 0 Å². The molecule has 0 fully saturated rings. The first-order valence-corrected chi connectivity index (χ1v) is 10.0. The summed E-state index contributed by atoms with van der Waals surface area (Å²) in [7, 11) is 2.75. The van der Waals surface area contributed by atoms with E-state index in [-0.39, 0.29) is 16.8 Å². The Morgan fingerprint density at radius 2 is 1.89 bits per heavy atom. The maximum atomic E-state index is 12.0. The van der Waals surface area contributed by atoms with Crippen molar-refractivity contribution in [3.8, 4) is 0 Å². The molecule has 0 aliphatic rings. The highest BCUT2D eigenvalue weighted by molar-refractivity contribution is 9.05. The molecular formula is C13H26O2S3. The van der Waals surface area contributed by atoms with E-state index >= 15 is 0 Å². The molecule has 0 saturated heterocycles. The minimum atomic E-state index is -0.262. The zero-order valence-electron chi connectivity index (χ0n) is 11.9. The van der Waals surface area contributed by atoms with Crippen LogP contribution < -0.4 is 0 Å². The summed E-state index contributed by atoms with van der Waals surface area (Å²) < 4.78 is 5.79. The second-order valence-corrected chi connectivity index (χ2v) is 8.00. The third kappa shape index (κ3) is 6.62. The van der Waals surface area contributed by atoms with Gasteiger partial charge in [0.25, 0.3) is 0 Å². The fourth-order valence-corrected chi connectivity index (χ4v) is 3.94. The van der Waals surface area contributed by atoms with E-state index in [4.69, 9.17) is 4.74 Å². The molecule has 0 aromatic heterocycles. The van der Waals surface area contributed by atoms with Gasteiger partial charge in [-0.05, 0) is 42.4 Å². The fourth-order valence-electron chi connectivity index (χ4n) is 1.90. The van der Waals surface area contributed by atoms with Gasteiger partial charge in [0.1, 0.15) is 10.9 Å². The normalized spacial score (nSPS) is 13.4. The Balaban J connectivity index is 4.44. The van der Waals surface area contributed by atoms with Gasteiger partial charge < -0.3 is 4.74 Å². The van der Waals surface area contributed by atoms with Crippen LogP contribution in [0.5, 0.6) is 0 Å². The lowest BCUT2D eigenvalue weighted by Crippen LogP contribution is -2.36. The van der Waals surface area contributed by atoms with Gasteiger partial charge in [0, 0.05) is 0 Å². The Morgan fingerprint density at radius 3 is 2.33 bits per heavy atom. The molecule has 0 radical (unpaired) electrons. The Morgan fingerprint density at radius 1 is 1.28 bits per heavy atom. The third-order valence-electron chi connectivity index (χ3n) is 3.36. The molecule has 2 nitrogen and oxygen atoms in total. The molecule has 0 aliphatic carbocycles. The van der Waals surface area contributed by atoms with Crippen molar-refractivity contribution in [2.75, 3.05) is 0 Å². The van der Waals surface area contributed by atoms with Crippen LogP contribution in [-0.2, 0) is 9.53 Å². The second-order valence-electron chi connectivity index (χ2n) is 4.58. The summed E-state index contributed by atoms with van der Waals surface area (Å²) in [5.41, 5.74) is -0.262. The molecule has 0 saturated carbocycles. The molecule has 1 atom stereocenters. The monoisotopic (exact) mass is 310 g/mol. The van der Waals surface area contributed by atoms with Gasteiger partial charge in [0.2, 0.25) is 0 Å². The van der Waals surface area contributed by atoms with E-state index in [1.165, 1.54) is 33.5 Å². The minimum Gasteiger partial charge on any atom is -0.458 e. The molecule has 18 heavy (non-hydrogen) atoms. The Hall–Kier alpha value is 0.520. The highest BCUT2D eigenvalue weighted by Crippen LogP contribution is 2.33. The molecule has 0 aromatic carbocycles. The predicted octanol–water partition coefficient (Wildman–Crippen LogP) is 5.28. The van der Waals surface area contributed by atoms with Gasteiger partial charge in [-0.15, -0.1) is 0 Å². The van der Waals surface area contributed by atoms with E-state index in [0.717, 1.165) is 25.7 Å². The molecule has 0 spiro atoms. The van der Waals surface area contributed by atoms with Gasteiger partial charge in [-0.2, -0.15) is 0 Å². The van der Waals surface area contributed by atoms with E-state index in [1.807, 2.05) is 6.92 Å². The highest BCUT2D eigenvalue weighted by atomic mass is 33.5. The van der Waals surface area contributed by atoms with Gasteiger partial charge in [-0.1, -0.05) is 56.1 Å². The average molecular weight is 311 g/mol. The topological polar surface area (TPSA) is 26.3 Å². The lowest BCUT2D eigenvalue weighted by Gasteiger charge is -2.32. The molecule has 0 rings (SSSR count). The zero-order valence-corrected chi connectivity index (χ0v) is 14.4. The minimum absolute atomic E-state index is 0.109. The molecule has 0 heterocycles. The number of esters is 1. The number of unbranched alkanes of at least 4 members (excludes halogenated alkanes) is 2. The number of ether oxygens (including phenoxy) is 1. The third-order valence-corrected chi connectivity index (χ3v) is 5.83. The molecule has 1 unspecified atom stereocenters. The smallest absolute Gasteiger partial charge is 0.320 e. The number of hydrogen-bond acceptors (Lipinski definition) is 5. The Labute approximate surface area is 125 Å². The van der Waals surface area contributed by atoms with Crippen LogP contribution in [0.25, 0.3) is 0 Å². The van der Waals surface area contributed by atoms with Crippen LogP contribution in [0.4, 0.5) is 0 Å². The lowest BCUT2D eigenvalue weighted by molar-refractivity contribution is -0.160. The van der Waals surface area contributed by atoms with Crippen LogP contribution in [0.15, 0.2) is 0 Å².